The van der Waals surface area contributed by atoms with Crippen molar-refractivity contribution in [2.45, 2.75) is 6.04 Å². The number of hydrogen-bond acceptors (Lipinski definition) is 3. The van der Waals surface area contributed by atoms with Gasteiger partial charge in [0.1, 0.15) is 5.82 Å². The maximum Gasteiger partial charge on any atom is 0.128 e. The van der Waals surface area contributed by atoms with Crippen LogP contribution in [-0.2, 0) is 0 Å². The second kappa shape index (κ2) is 5.58. The molecule has 1 aromatic carbocycles. The molecule has 1 unspecified atom stereocenters. The van der Waals surface area contributed by atoms with Crippen molar-refractivity contribution in [3.8, 4) is 0 Å². The van der Waals surface area contributed by atoms with Gasteiger partial charge < -0.3 is 10.6 Å². The predicted molar refractivity (Wildman–Crippen MR) is 67.3 cm³/mol. The maximum atomic E-state index is 13.8. The quantitative estimate of drug-likeness (QED) is 0.853. The Labute approximate surface area is 102 Å². The molecule has 0 radical (unpaired) electrons. The number of hydrogen-bond donors (Lipinski definition) is 1. The topological polar surface area (TPSA) is 32.5 Å². The number of rotatable bonds is 3. The van der Waals surface area contributed by atoms with Gasteiger partial charge in [0.25, 0.3) is 0 Å². The first-order chi connectivity index (χ1) is 8.22. The first kappa shape index (κ1) is 12.5. The molecule has 2 N–H and O–H groups in total. The van der Waals surface area contributed by atoms with Crippen LogP contribution in [0.15, 0.2) is 24.3 Å². The highest BCUT2D eigenvalue weighted by molar-refractivity contribution is 5.21. The number of benzene rings is 1. The molecule has 0 aliphatic carbocycles. The second-order valence-electron chi connectivity index (χ2n) is 4.61. The summed E-state index contributed by atoms with van der Waals surface area (Å²) in [6.07, 6.45) is 0. The van der Waals surface area contributed by atoms with Gasteiger partial charge in [0.05, 0.1) is 6.04 Å². The Balaban J connectivity index is 2.14. The molecular weight excluding hydrogens is 217 g/mol. The normalized spacial score (nSPS) is 20.4. The molecule has 1 aliphatic heterocycles. The van der Waals surface area contributed by atoms with Crippen molar-refractivity contribution >= 4 is 0 Å². The molecule has 0 bridgehead atoms. The minimum Gasteiger partial charge on any atom is -0.329 e. The molecule has 0 amide bonds. The molecule has 2 rings (SSSR count). The molecule has 4 heteroatoms. The van der Waals surface area contributed by atoms with Gasteiger partial charge in [-0.05, 0) is 13.1 Å². The Kier molecular flexibility index (Phi) is 4.10. The van der Waals surface area contributed by atoms with Crippen molar-refractivity contribution in [3.05, 3.63) is 35.6 Å². The Morgan fingerprint density at radius 3 is 2.47 bits per heavy atom. The van der Waals surface area contributed by atoms with E-state index in [2.05, 4.69) is 16.8 Å². The Morgan fingerprint density at radius 1 is 1.24 bits per heavy atom. The van der Waals surface area contributed by atoms with Crippen LogP contribution >= 0.6 is 0 Å². The number of likely N-dealkylation sites (N-methyl/N-ethyl adjacent to an activating group) is 1. The van der Waals surface area contributed by atoms with E-state index in [9.17, 15) is 4.39 Å². The zero-order valence-corrected chi connectivity index (χ0v) is 10.3. The zero-order chi connectivity index (χ0) is 12.3. The Morgan fingerprint density at radius 2 is 1.88 bits per heavy atom. The summed E-state index contributed by atoms with van der Waals surface area (Å²) in [7, 11) is 2.11. The first-order valence-corrected chi connectivity index (χ1v) is 6.09. The lowest BCUT2D eigenvalue weighted by Crippen LogP contribution is -2.47. The zero-order valence-electron chi connectivity index (χ0n) is 10.3. The second-order valence-corrected chi connectivity index (χ2v) is 4.61. The highest BCUT2D eigenvalue weighted by atomic mass is 19.1. The molecule has 1 atom stereocenters. The fourth-order valence-corrected chi connectivity index (χ4v) is 2.35. The minimum absolute atomic E-state index is 0.00454. The molecule has 1 aliphatic rings. The molecule has 1 fully saturated rings. The average Bonchev–Trinajstić information content (AvgIpc) is 2.35. The molecule has 0 spiro atoms. The average molecular weight is 237 g/mol. The highest BCUT2D eigenvalue weighted by Gasteiger charge is 2.24. The van der Waals surface area contributed by atoms with Crippen LogP contribution in [0.25, 0.3) is 0 Å². The Hall–Kier alpha value is -0.970. The lowest BCUT2D eigenvalue weighted by molar-refractivity contribution is 0.113. The Bertz CT molecular complexity index is 361. The third-order valence-corrected chi connectivity index (χ3v) is 3.47. The van der Waals surface area contributed by atoms with E-state index in [1.807, 2.05) is 12.1 Å². The van der Waals surface area contributed by atoms with Crippen LogP contribution in [-0.4, -0.2) is 49.6 Å². The third kappa shape index (κ3) is 2.83. The lowest BCUT2D eigenvalue weighted by atomic mass is 10.0. The fraction of sp³-hybridized carbons (Fsp3) is 0.538. The van der Waals surface area contributed by atoms with Crippen LogP contribution in [0.5, 0.6) is 0 Å². The molecule has 1 aromatic rings. The molecule has 0 saturated carbocycles. The van der Waals surface area contributed by atoms with Crippen molar-refractivity contribution < 1.29 is 4.39 Å². The minimum atomic E-state index is -0.151. The van der Waals surface area contributed by atoms with Gasteiger partial charge in [-0.1, -0.05) is 18.2 Å². The van der Waals surface area contributed by atoms with E-state index in [0.717, 1.165) is 31.7 Å². The molecule has 3 nitrogen and oxygen atoms in total. The van der Waals surface area contributed by atoms with E-state index in [1.54, 1.807) is 6.07 Å². The van der Waals surface area contributed by atoms with Gasteiger partial charge >= 0.3 is 0 Å². The van der Waals surface area contributed by atoms with Crippen molar-refractivity contribution in [1.29, 1.82) is 0 Å². The van der Waals surface area contributed by atoms with Crippen molar-refractivity contribution in [2.24, 2.45) is 5.73 Å². The van der Waals surface area contributed by atoms with Gasteiger partial charge in [-0.15, -0.1) is 0 Å². The first-order valence-electron chi connectivity index (χ1n) is 6.09. The van der Waals surface area contributed by atoms with E-state index in [0.29, 0.717) is 6.54 Å². The summed E-state index contributed by atoms with van der Waals surface area (Å²) in [5.41, 5.74) is 6.54. The van der Waals surface area contributed by atoms with E-state index in [4.69, 9.17) is 5.73 Å². The molecule has 1 saturated heterocycles. The van der Waals surface area contributed by atoms with E-state index in [1.165, 1.54) is 6.07 Å². The fourth-order valence-electron chi connectivity index (χ4n) is 2.35. The molecule has 94 valence electrons. The van der Waals surface area contributed by atoms with Gasteiger partial charge in [0.2, 0.25) is 0 Å². The van der Waals surface area contributed by atoms with Gasteiger partial charge in [-0.2, -0.15) is 0 Å². The van der Waals surface area contributed by atoms with Crippen molar-refractivity contribution in [2.75, 3.05) is 39.8 Å². The van der Waals surface area contributed by atoms with Gasteiger partial charge in [-0.3, -0.25) is 4.90 Å². The highest BCUT2D eigenvalue weighted by Crippen LogP contribution is 2.23. The van der Waals surface area contributed by atoms with Crippen molar-refractivity contribution in [3.63, 3.8) is 0 Å². The molecule has 17 heavy (non-hydrogen) atoms. The smallest absolute Gasteiger partial charge is 0.128 e. The molecule has 0 aromatic heterocycles. The summed E-state index contributed by atoms with van der Waals surface area (Å²) in [6.45, 7) is 4.40. The van der Waals surface area contributed by atoms with Crippen molar-refractivity contribution in [1.82, 2.24) is 9.80 Å². The van der Waals surface area contributed by atoms with E-state index < -0.39 is 0 Å². The van der Waals surface area contributed by atoms with Crippen LogP contribution < -0.4 is 5.73 Å². The third-order valence-electron chi connectivity index (χ3n) is 3.47. The summed E-state index contributed by atoms with van der Waals surface area (Å²) in [6, 6.07) is 6.94. The summed E-state index contributed by atoms with van der Waals surface area (Å²) in [4.78, 5) is 4.56. The maximum absolute atomic E-state index is 13.8. The number of nitrogens with zero attached hydrogens (tertiary/aromatic N) is 2. The van der Waals surface area contributed by atoms with Crippen LogP contribution in [0.2, 0.25) is 0 Å². The SMILES string of the molecule is CN1CCN(C(CN)c2ccccc2F)CC1. The molecule has 1 heterocycles. The van der Waals surface area contributed by atoms with Crippen LogP contribution in [0.3, 0.4) is 0 Å². The summed E-state index contributed by atoms with van der Waals surface area (Å²) >= 11 is 0. The monoisotopic (exact) mass is 237 g/mol. The molecular formula is C13H20FN3. The number of piperazine rings is 1. The largest absolute Gasteiger partial charge is 0.329 e. The summed E-state index contributed by atoms with van der Waals surface area (Å²) < 4.78 is 13.8. The predicted octanol–water partition coefficient (Wildman–Crippen LogP) is 1.07. The van der Waals surface area contributed by atoms with Gasteiger partial charge in [-0.25, -0.2) is 4.39 Å². The van der Waals surface area contributed by atoms with Crippen LogP contribution in [0.4, 0.5) is 4.39 Å². The summed E-state index contributed by atoms with van der Waals surface area (Å²) in [5, 5.41) is 0. The van der Waals surface area contributed by atoms with Gasteiger partial charge in [0.15, 0.2) is 0 Å². The van der Waals surface area contributed by atoms with E-state index in [-0.39, 0.29) is 11.9 Å². The number of halogens is 1. The van der Waals surface area contributed by atoms with E-state index >= 15 is 0 Å². The van der Waals surface area contributed by atoms with Crippen LogP contribution in [0, 0.1) is 5.82 Å². The lowest BCUT2D eigenvalue weighted by Gasteiger charge is -2.37. The van der Waals surface area contributed by atoms with Crippen LogP contribution in [0.1, 0.15) is 11.6 Å². The standard InChI is InChI=1S/C13H20FN3/c1-16-6-8-17(9-7-16)13(10-15)11-4-2-3-5-12(11)14/h2-5,13H,6-10,15H2,1H3. The van der Waals surface area contributed by atoms with Gasteiger partial charge in [0, 0.05) is 38.3 Å². The summed E-state index contributed by atoms with van der Waals surface area (Å²) in [5.74, 6) is -0.151. The number of nitrogens with two attached hydrogens (primary N) is 1.